The number of aliphatic hydroxyl groups excluding tert-OH is 2. The molecule has 49 valence electrons. The van der Waals surface area contributed by atoms with Crippen molar-refractivity contribution in [2.45, 2.75) is 13.3 Å². The number of aliphatic hydroxyl groups is 2. The summed E-state index contributed by atoms with van der Waals surface area (Å²) in [6.45, 7) is 1.83. The summed E-state index contributed by atoms with van der Waals surface area (Å²) in [5, 5.41) is 17.8. The fourth-order valence-electron chi connectivity index (χ4n) is 0.684. The third-order valence-corrected chi connectivity index (χ3v) is 1.34. The highest BCUT2D eigenvalue weighted by atomic mass is 16.3. The Hall–Kier alpha value is -0.920. The van der Waals surface area contributed by atoms with E-state index in [9.17, 15) is 0 Å². The molecule has 0 spiro atoms. The molecule has 1 rings (SSSR count). The SMILES string of the molecule is CC1=C(O)C=C(O)[CH]C1. The van der Waals surface area contributed by atoms with Gasteiger partial charge in [-0.15, -0.1) is 0 Å². The van der Waals surface area contributed by atoms with Gasteiger partial charge in [-0.05, 0) is 18.9 Å². The minimum absolute atomic E-state index is 0.151. The van der Waals surface area contributed by atoms with Crippen LogP contribution >= 0.6 is 0 Å². The number of allylic oxidation sites excluding steroid dienone is 3. The molecule has 0 fully saturated rings. The van der Waals surface area contributed by atoms with Crippen molar-refractivity contribution in [3.8, 4) is 0 Å². The van der Waals surface area contributed by atoms with E-state index in [1.165, 1.54) is 6.08 Å². The summed E-state index contributed by atoms with van der Waals surface area (Å²) in [5.74, 6) is 0.341. The third-order valence-electron chi connectivity index (χ3n) is 1.34. The van der Waals surface area contributed by atoms with Crippen LogP contribution < -0.4 is 0 Å². The van der Waals surface area contributed by atoms with Crippen molar-refractivity contribution in [3.05, 3.63) is 29.6 Å². The predicted octanol–water partition coefficient (Wildman–Crippen LogP) is 1.87. The van der Waals surface area contributed by atoms with Gasteiger partial charge in [0.15, 0.2) is 0 Å². The Balaban J connectivity index is 2.83. The lowest BCUT2D eigenvalue weighted by Gasteiger charge is -2.08. The molecule has 0 aromatic carbocycles. The first kappa shape index (κ1) is 6.20. The molecular weight excluding hydrogens is 116 g/mol. The summed E-state index contributed by atoms with van der Waals surface area (Å²) in [5.41, 5.74) is 0.896. The van der Waals surface area contributed by atoms with Gasteiger partial charge in [0.1, 0.15) is 11.5 Å². The van der Waals surface area contributed by atoms with Crippen molar-refractivity contribution in [2.24, 2.45) is 0 Å². The Kier molecular flexibility index (Phi) is 1.47. The van der Waals surface area contributed by atoms with Crippen LogP contribution in [-0.4, -0.2) is 10.2 Å². The molecule has 0 bridgehead atoms. The Morgan fingerprint density at radius 3 is 2.56 bits per heavy atom. The second kappa shape index (κ2) is 2.13. The van der Waals surface area contributed by atoms with Crippen molar-refractivity contribution in [2.75, 3.05) is 0 Å². The van der Waals surface area contributed by atoms with E-state index < -0.39 is 0 Å². The number of hydrogen-bond acceptors (Lipinski definition) is 2. The molecule has 0 aliphatic heterocycles. The first-order chi connectivity index (χ1) is 4.20. The summed E-state index contributed by atoms with van der Waals surface area (Å²) in [7, 11) is 0. The number of hydrogen-bond donors (Lipinski definition) is 2. The van der Waals surface area contributed by atoms with Crippen LogP contribution in [0.5, 0.6) is 0 Å². The molecule has 1 radical (unpaired) electrons. The fourth-order valence-corrected chi connectivity index (χ4v) is 0.684. The average molecular weight is 125 g/mol. The van der Waals surface area contributed by atoms with Gasteiger partial charge in [0, 0.05) is 12.5 Å². The maximum Gasteiger partial charge on any atom is 0.117 e. The van der Waals surface area contributed by atoms with E-state index in [0.29, 0.717) is 6.42 Å². The second-order valence-corrected chi connectivity index (χ2v) is 2.14. The highest BCUT2D eigenvalue weighted by molar-refractivity contribution is 5.29. The normalized spacial score (nSPS) is 19.9. The van der Waals surface area contributed by atoms with Crippen LogP contribution in [0.4, 0.5) is 0 Å². The van der Waals surface area contributed by atoms with Gasteiger partial charge in [0.2, 0.25) is 0 Å². The van der Waals surface area contributed by atoms with Crippen molar-refractivity contribution >= 4 is 0 Å². The Morgan fingerprint density at radius 1 is 1.44 bits per heavy atom. The van der Waals surface area contributed by atoms with Crippen molar-refractivity contribution < 1.29 is 10.2 Å². The van der Waals surface area contributed by atoms with E-state index in [1.807, 2.05) is 6.92 Å². The van der Waals surface area contributed by atoms with Crippen LogP contribution in [0.25, 0.3) is 0 Å². The molecule has 9 heavy (non-hydrogen) atoms. The van der Waals surface area contributed by atoms with Gasteiger partial charge in [0.25, 0.3) is 0 Å². The molecule has 1 aliphatic rings. The van der Waals surface area contributed by atoms with Crippen LogP contribution in [0, 0.1) is 6.42 Å². The minimum atomic E-state index is 0.151. The molecule has 1 aliphatic carbocycles. The lowest BCUT2D eigenvalue weighted by atomic mass is 10.0. The molecule has 2 heteroatoms. The maximum absolute atomic E-state index is 8.97. The van der Waals surface area contributed by atoms with E-state index in [2.05, 4.69) is 0 Å². The molecule has 0 saturated carbocycles. The lowest BCUT2D eigenvalue weighted by molar-refractivity contribution is 0.382. The standard InChI is InChI=1S/C7H9O2/c1-5-2-3-6(8)4-7(5)9/h3-4,8-9H,2H2,1H3. The highest BCUT2D eigenvalue weighted by Crippen LogP contribution is 2.18. The smallest absolute Gasteiger partial charge is 0.117 e. The minimum Gasteiger partial charge on any atom is -0.512 e. The van der Waals surface area contributed by atoms with Gasteiger partial charge in [-0.3, -0.25) is 0 Å². The van der Waals surface area contributed by atoms with E-state index >= 15 is 0 Å². The van der Waals surface area contributed by atoms with Crippen LogP contribution in [0.2, 0.25) is 0 Å². The largest absolute Gasteiger partial charge is 0.512 e. The quantitative estimate of drug-likeness (QED) is 0.518. The second-order valence-electron chi connectivity index (χ2n) is 2.14. The van der Waals surface area contributed by atoms with Gasteiger partial charge < -0.3 is 10.2 Å². The molecular formula is C7H9O2. The zero-order valence-corrected chi connectivity index (χ0v) is 5.26. The van der Waals surface area contributed by atoms with Gasteiger partial charge in [-0.2, -0.15) is 0 Å². The number of rotatable bonds is 0. The van der Waals surface area contributed by atoms with Gasteiger partial charge >= 0.3 is 0 Å². The zero-order chi connectivity index (χ0) is 6.85. The Labute approximate surface area is 54.1 Å². The van der Waals surface area contributed by atoms with Crippen molar-refractivity contribution in [3.63, 3.8) is 0 Å². The molecule has 0 amide bonds. The van der Waals surface area contributed by atoms with E-state index in [-0.39, 0.29) is 11.5 Å². The Bertz CT molecular complexity index is 177. The predicted molar refractivity (Wildman–Crippen MR) is 35.0 cm³/mol. The van der Waals surface area contributed by atoms with Crippen LogP contribution in [0.3, 0.4) is 0 Å². The average Bonchev–Trinajstić information content (AvgIpc) is 1.80. The first-order valence-electron chi connectivity index (χ1n) is 2.83. The van der Waals surface area contributed by atoms with Crippen molar-refractivity contribution in [1.29, 1.82) is 0 Å². The molecule has 0 atom stereocenters. The van der Waals surface area contributed by atoms with Crippen LogP contribution in [0.1, 0.15) is 13.3 Å². The topological polar surface area (TPSA) is 40.5 Å². The summed E-state index contributed by atoms with van der Waals surface area (Å²) in [4.78, 5) is 0. The Morgan fingerprint density at radius 2 is 2.11 bits per heavy atom. The van der Waals surface area contributed by atoms with Crippen LogP contribution in [-0.2, 0) is 0 Å². The molecule has 0 aromatic rings. The fraction of sp³-hybridized carbons (Fsp3) is 0.286. The molecule has 0 heterocycles. The summed E-state index contributed by atoms with van der Waals surface area (Å²) < 4.78 is 0. The molecule has 0 unspecified atom stereocenters. The molecule has 2 N–H and O–H groups in total. The van der Waals surface area contributed by atoms with Gasteiger partial charge in [-0.25, -0.2) is 0 Å². The van der Waals surface area contributed by atoms with Crippen LogP contribution in [0.15, 0.2) is 23.2 Å². The zero-order valence-electron chi connectivity index (χ0n) is 5.26. The van der Waals surface area contributed by atoms with Gasteiger partial charge in [0.05, 0.1) is 0 Å². The molecule has 2 nitrogen and oxygen atoms in total. The first-order valence-corrected chi connectivity index (χ1v) is 2.83. The van der Waals surface area contributed by atoms with E-state index in [0.717, 1.165) is 5.57 Å². The highest BCUT2D eigenvalue weighted by Gasteiger charge is 2.07. The lowest BCUT2D eigenvalue weighted by Crippen LogP contribution is -1.96. The monoisotopic (exact) mass is 125 g/mol. The summed E-state index contributed by atoms with van der Waals surface area (Å²) in [6, 6.07) is 0. The van der Waals surface area contributed by atoms with E-state index in [1.54, 1.807) is 6.42 Å². The van der Waals surface area contributed by atoms with E-state index in [4.69, 9.17) is 10.2 Å². The summed E-state index contributed by atoms with van der Waals surface area (Å²) >= 11 is 0. The molecule has 0 aromatic heterocycles. The summed E-state index contributed by atoms with van der Waals surface area (Å²) in [6.07, 6.45) is 3.65. The van der Waals surface area contributed by atoms with Gasteiger partial charge in [-0.1, -0.05) is 0 Å². The molecule has 0 saturated heterocycles. The van der Waals surface area contributed by atoms with Crippen molar-refractivity contribution in [1.82, 2.24) is 0 Å². The third kappa shape index (κ3) is 1.25. The maximum atomic E-state index is 8.97.